The molecule has 1 saturated carbocycles. The largest absolute Gasteiger partial charge is 0.489 e. The number of nitrogens with one attached hydrogen (secondary N) is 1. The summed E-state index contributed by atoms with van der Waals surface area (Å²) in [5.41, 5.74) is 1.19. The molecule has 0 amide bonds. The standard InChI is InChI=1S/C24H19Cl2NO5S/c25-16-6-5-15(21(26)12-16)13-32-17-7-9-18(10-8-17)33(30,31)27-24(23(28)29)20-11-14-3-1-2-4-19(14)22(20)24/h1-10,12,20,22,27H,11,13H2,(H,28,29)/t20-,22+,24?/m0/s1. The third-order valence-electron chi connectivity index (χ3n) is 6.40. The zero-order chi connectivity index (χ0) is 23.4. The minimum atomic E-state index is -4.06. The van der Waals surface area contributed by atoms with Gasteiger partial charge in [0.2, 0.25) is 10.0 Å². The fourth-order valence-electron chi connectivity index (χ4n) is 4.73. The van der Waals surface area contributed by atoms with Gasteiger partial charge in [-0.05, 0) is 53.9 Å². The summed E-state index contributed by atoms with van der Waals surface area (Å²) in [5, 5.41) is 10.9. The highest BCUT2D eigenvalue weighted by Gasteiger charge is 2.74. The molecule has 0 aromatic heterocycles. The van der Waals surface area contributed by atoms with E-state index in [9.17, 15) is 18.3 Å². The van der Waals surface area contributed by atoms with Gasteiger partial charge in [0.05, 0.1) is 4.90 Å². The molecule has 0 bridgehead atoms. The van der Waals surface area contributed by atoms with Crippen LogP contribution in [0.3, 0.4) is 0 Å². The average molecular weight is 504 g/mol. The van der Waals surface area contributed by atoms with Crippen LogP contribution in [0, 0.1) is 5.92 Å². The van der Waals surface area contributed by atoms with Crippen molar-refractivity contribution in [2.75, 3.05) is 0 Å². The highest BCUT2D eigenvalue weighted by atomic mass is 35.5. The zero-order valence-electron chi connectivity index (χ0n) is 17.2. The number of ether oxygens (including phenoxy) is 1. The number of benzene rings is 3. The second-order valence-corrected chi connectivity index (χ2v) is 10.8. The molecule has 2 N–H and O–H groups in total. The third-order valence-corrected chi connectivity index (χ3v) is 8.49. The quantitative estimate of drug-likeness (QED) is 0.489. The zero-order valence-corrected chi connectivity index (χ0v) is 19.5. The highest BCUT2D eigenvalue weighted by molar-refractivity contribution is 7.89. The fourth-order valence-corrected chi connectivity index (χ4v) is 6.62. The smallest absolute Gasteiger partial charge is 0.325 e. The van der Waals surface area contributed by atoms with E-state index in [1.807, 2.05) is 24.3 Å². The Kier molecular flexibility index (Phi) is 5.40. The highest BCUT2D eigenvalue weighted by Crippen LogP contribution is 2.64. The van der Waals surface area contributed by atoms with Crippen molar-refractivity contribution in [1.29, 1.82) is 0 Å². The molecule has 0 radical (unpaired) electrons. The lowest BCUT2D eigenvalue weighted by Crippen LogP contribution is -2.46. The molecule has 3 atom stereocenters. The first-order chi connectivity index (χ1) is 15.7. The van der Waals surface area contributed by atoms with Gasteiger partial charge in [-0.25, -0.2) is 8.42 Å². The SMILES string of the molecule is O=C(O)C1(NS(=O)(=O)c2ccc(OCc3ccc(Cl)cc3Cl)cc2)[C@@H]2c3ccccc3C[C@@H]21. The van der Waals surface area contributed by atoms with Crippen LogP contribution >= 0.6 is 23.2 Å². The molecule has 1 unspecified atom stereocenters. The predicted molar refractivity (Wildman–Crippen MR) is 124 cm³/mol. The maximum atomic E-state index is 13.1. The molecule has 0 spiro atoms. The average Bonchev–Trinajstić information content (AvgIpc) is 3.21. The van der Waals surface area contributed by atoms with Gasteiger partial charge in [-0.3, -0.25) is 4.79 Å². The molecule has 3 aromatic rings. The number of aliphatic carboxylic acids is 1. The summed E-state index contributed by atoms with van der Waals surface area (Å²) in [6.07, 6.45) is 0.537. The molecular weight excluding hydrogens is 485 g/mol. The second-order valence-electron chi connectivity index (χ2n) is 8.26. The second kappa shape index (κ2) is 8.02. The predicted octanol–water partition coefficient (Wildman–Crippen LogP) is 4.64. The topological polar surface area (TPSA) is 92.7 Å². The van der Waals surface area contributed by atoms with Crippen LogP contribution < -0.4 is 9.46 Å². The number of carboxylic acids is 1. The van der Waals surface area contributed by atoms with E-state index in [4.69, 9.17) is 27.9 Å². The summed E-state index contributed by atoms with van der Waals surface area (Å²) in [6.45, 7) is 0.186. The van der Waals surface area contributed by atoms with Crippen molar-refractivity contribution in [1.82, 2.24) is 4.72 Å². The molecule has 9 heteroatoms. The van der Waals surface area contributed by atoms with Crippen LogP contribution in [-0.2, 0) is 27.8 Å². The molecule has 6 nitrogen and oxygen atoms in total. The number of fused-ring (bicyclic) bond motifs is 3. The van der Waals surface area contributed by atoms with Crippen molar-refractivity contribution in [3.63, 3.8) is 0 Å². The van der Waals surface area contributed by atoms with Crippen LogP contribution in [0.1, 0.15) is 22.6 Å². The summed E-state index contributed by atoms with van der Waals surface area (Å²) >= 11 is 12.0. The molecule has 0 heterocycles. The molecule has 0 saturated heterocycles. The Labute approximate surface area is 201 Å². The van der Waals surface area contributed by atoms with Crippen molar-refractivity contribution in [3.8, 4) is 5.75 Å². The maximum absolute atomic E-state index is 13.1. The summed E-state index contributed by atoms with van der Waals surface area (Å²) in [4.78, 5) is 12.1. The monoisotopic (exact) mass is 503 g/mol. The first-order valence-electron chi connectivity index (χ1n) is 10.2. The lowest BCUT2D eigenvalue weighted by atomic mass is 9.99. The molecule has 33 heavy (non-hydrogen) atoms. The molecule has 1 fully saturated rings. The molecule has 3 aromatic carbocycles. The number of carbonyl (C=O) groups is 1. The van der Waals surface area contributed by atoms with E-state index < -0.39 is 21.5 Å². The van der Waals surface area contributed by atoms with E-state index in [2.05, 4.69) is 4.72 Å². The number of rotatable bonds is 7. The van der Waals surface area contributed by atoms with Crippen LogP contribution in [0.2, 0.25) is 10.0 Å². The van der Waals surface area contributed by atoms with Gasteiger partial charge in [0.25, 0.3) is 0 Å². The summed E-state index contributed by atoms with van der Waals surface area (Å²) < 4.78 is 34.3. The number of halogens is 2. The maximum Gasteiger partial charge on any atom is 0.325 e. The normalized spacial score (nSPS) is 23.0. The Morgan fingerprint density at radius 3 is 2.52 bits per heavy atom. The van der Waals surface area contributed by atoms with Crippen molar-refractivity contribution in [2.24, 2.45) is 5.92 Å². The molecule has 170 valence electrons. The summed E-state index contributed by atoms with van der Waals surface area (Å²) in [7, 11) is -4.06. The molecule has 2 aliphatic rings. The lowest BCUT2D eigenvalue weighted by Gasteiger charge is -2.19. The minimum absolute atomic E-state index is 0.0294. The van der Waals surface area contributed by atoms with Crippen LogP contribution in [-0.4, -0.2) is 25.0 Å². The van der Waals surface area contributed by atoms with E-state index in [0.717, 1.165) is 16.7 Å². The van der Waals surface area contributed by atoms with Crippen molar-refractivity contribution in [2.45, 2.75) is 29.4 Å². The van der Waals surface area contributed by atoms with Gasteiger partial charge >= 0.3 is 5.97 Å². The Hall–Kier alpha value is -2.58. The van der Waals surface area contributed by atoms with Gasteiger partial charge < -0.3 is 9.84 Å². The minimum Gasteiger partial charge on any atom is -0.489 e. The van der Waals surface area contributed by atoms with Crippen LogP contribution in [0.5, 0.6) is 5.75 Å². The first kappa shape index (κ1) is 22.2. The Bertz CT molecular complexity index is 1360. The van der Waals surface area contributed by atoms with E-state index >= 15 is 0 Å². The van der Waals surface area contributed by atoms with Crippen molar-refractivity contribution < 1.29 is 23.1 Å². The Balaban J connectivity index is 1.32. The Morgan fingerprint density at radius 2 is 1.82 bits per heavy atom. The van der Waals surface area contributed by atoms with Gasteiger partial charge in [0.15, 0.2) is 0 Å². The van der Waals surface area contributed by atoms with Crippen LogP contribution in [0.25, 0.3) is 0 Å². The molecule has 0 aliphatic heterocycles. The summed E-state index contributed by atoms with van der Waals surface area (Å²) in [6, 6.07) is 18.5. The van der Waals surface area contributed by atoms with E-state index in [1.54, 1.807) is 18.2 Å². The number of carboxylic acid groups (broad SMARTS) is 1. The van der Waals surface area contributed by atoms with Crippen molar-refractivity contribution in [3.05, 3.63) is 93.5 Å². The molecule has 5 rings (SSSR count). The van der Waals surface area contributed by atoms with E-state index in [0.29, 0.717) is 22.2 Å². The van der Waals surface area contributed by atoms with E-state index in [1.165, 1.54) is 24.3 Å². The van der Waals surface area contributed by atoms with Crippen molar-refractivity contribution >= 4 is 39.2 Å². The van der Waals surface area contributed by atoms with Gasteiger partial charge in [-0.1, -0.05) is 53.5 Å². The lowest BCUT2D eigenvalue weighted by molar-refractivity contribution is -0.140. The molecule has 2 aliphatic carbocycles. The molecular formula is C24H19Cl2NO5S. The number of hydrogen-bond acceptors (Lipinski definition) is 4. The fraction of sp³-hybridized carbons (Fsp3) is 0.208. The first-order valence-corrected chi connectivity index (χ1v) is 12.5. The van der Waals surface area contributed by atoms with Crippen LogP contribution in [0.4, 0.5) is 0 Å². The van der Waals surface area contributed by atoms with Gasteiger partial charge in [0.1, 0.15) is 17.9 Å². The van der Waals surface area contributed by atoms with Gasteiger partial charge in [0, 0.05) is 27.4 Å². The number of hydrogen-bond donors (Lipinski definition) is 2. The Morgan fingerprint density at radius 1 is 1.09 bits per heavy atom. The van der Waals surface area contributed by atoms with Gasteiger partial charge in [-0.15, -0.1) is 0 Å². The van der Waals surface area contributed by atoms with E-state index in [-0.39, 0.29) is 23.3 Å². The third kappa shape index (κ3) is 3.79. The van der Waals surface area contributed by atoms with Crippen LogP contribution in [0.15, 0.2) is 71.6 Å². The summed E-state index contributed by atoms with van der Waals surface area (Å²) in [5.74, 6) is -1.37. The van der Waals surface area contributed by atoms with Gasteiger partial charge in [-0.2, -0.15) is 4.72 Å². The number of sulfonamides is 1.